The monoisotopic (exact) mass is 410 g/mol. The van der Waals surface area contributed by atoms with Gasteiger partial charge in [-0.15, -0.1) is 0 Å². The summed E-state index contributed by atoms with van der Waals surface area (Å²) in [4.78, 5) is 10.1. The third-order valence-corrected chi connectivity index (χ3v) is 4.53. The number of nitro groups is 1. The Balaban J connectivity index is 2.36. The van der Waals surface area contributed by atoms with Gasteiger partial charge in [0.25, 0.3) is 5.69 Å². The van der Waals surface area contributed by atoms with E-state index in [2.05, 4.69) is 10.5 Å². The number of primary sulfonamides is 1. The first kappa shape index (κ1) is 20.9. The molecule has 2 aromatic carbocycles. The van der Waals surface area contributed by atoms with Crippen LogP contribution in [0.4, 0.5) is 11.4 Å². The number of hydrogen-bond donors (Lipinski definition) is 2. The fourth-order valence-electron chi connectivity index (χ4n) is 2.33. The highest BCUT2D eigenvalue weighted by Gasteiger charge is 2.19. The second-order valence-corrected chi connectivity index (χ2v) is 6.84. The Morgan fingerprint density at radius 1 is 1.11 bits per heavy atom. The molecule has 0 radical (unpaired) electrons. The first-order valence-corrected chi connectivity index (χ1v) is 9.16. The van der Waals surface area contributed by atoms with Crippen molar-refractivity contribution in [1.82, 2.24) is 0 Å². The standard InChI is InChI=1S/C16H18N4O7S/c1-25-14-7-4-10(15(26-2)16(14)27-3)9-18-19-12-6-5-11(28(17,23)24)8-13(12)20(21)22/h4-9,19H,1-3H3,(H2,17,23,24). The Morgan fingerprint density at radius 2 is 1.79 bits per heavy atom. The molecule has 0 saturated carbocycles. The van der Waals surface area contributed by atoms with Crippen LogP contribution >= 0.6 is 0 Å². The zero-order valence-corrected chi connectivity index (χ0v) is 16.0. The molecular formula is C16H18N4O7S. The summed E-state index contributed by atoms with van der Waals surface area (Å²) in [5, 5.41) is 20.2. The number of methoxy groups -OCH3 is 3. The van der Waals surface area contributed by atoms with Crippen LogP contribution < -0.4 is 24.8 Å². The minimum Gasteiger partial charge on any atom is -0.493 e. The molecule has 150 valence electrons. The van der Waals surface area contributed by atoms with Crippen molar-refractivity contribution in [2.75, 3.05) is 26.8 Å². The Labute approximate surface area is 160 Å². The number of anilines is 1. The van der Waals surface area contributed by atoms with Crippen molar-refractivity contribution in [1.29, 1.82) is 0 Å². The molecule has 0 aliphatic heterocycles. The zero-order chi connectivity index (χ0) is 20.9. The van der Waals surface area contributed by atoms with Crippen LogP contribution in [0.1, 0.15) is 5.56 Å². The topological polar surface area (TPSA) is 155 Å². The lowest BCUT2D eigenvalue weighted by molar-refractivity contribution is -0.384. The normalized spacial score (nSPS) is 11.3. The lowest BCUT2D eigenvalue weighted by Crippen LogP contribution is -2.12. The smallest absolute Gasteiger partial charge is 0.295 e. The molecule has 0 heterocycles. The van der Waals surface area contributed by atoms with Gasteiger partial charge in [-0.3, -0.25) is 15.5 Å². The van der Waals surface area contributed by atoms with Gasteiger partial charge >= 0.3 is 0 Å². The predicted octanol–water partition coefficient (Wildman–Crippen LogP) is 1.71. The first-order valence-electron chi connectivity index (χ1n) is 7.62. The third kappa shape index (κ3) is 4.47. The SMILES string of the molecule is COc1ccc(C=NNc2ccc(S(N)(=O)=O)cc2[N+](=O)[O-])c(OC)c1OC. The van der Waals surface area contributed by atoms with E-state index in [9.17, 15) is 18.5 Å². The number of nitro benzene ring substituents is 1. The number of benzene rings is 2. The van der Waals surface area contributed by atoms with Gasteiger partial charge in [-0.25, -0.2) is 13.6 Å². The van der Waals surface area contributed by atoms with E-state index in [0.717, 1.165) is 12.1 Å². The molecule has 3 N–H and O–H groups in total. The molecule has 0 bridgehead atoms. The van der Waals surface area contributed by atoms with E-state index in [-0.39, 0.29) is 10.6 Å². The molecule has 0 unspecified atom stereocenters. The number of rotatable bonds is 8. The Hall–Kier alpha value is -3.38. The highest BCUT2D eigenvalue weighted by molar-refractivity contribution is 7.89. The Morgan fingerprint density at radius 3 is 2.32 bits per heavy atom. The van der Waals surface area contributed by atoms with Crippen LogP contribution in [-0.2, 0) is 10.0 Å². The molecule has 0 fully saturated rings. The van der Waals surface area contributed by atoms with Gasteiger partial charge in [-0.05, 0) is 24.3 Å². The van der Waals surface area contributed by atoms with Gasteiger partial charge in [0.05, 0.1) is 37.4 Å². The zero-order valence-electron chi connectivity index (χ0n) is 15.2. The lowest BCUT2D eigenvalue weighted by Gasteiger charge is -2.13. The molecule has 2 rings (SSSR count). The number of nitrogens with one attached hydrogen (secondary N) is 1. The summed E-state index contributed by atoms with van der Waals surface area (Å²) in [5.74, 6) is 1.17. The van der Waals surface area contributed by atoms with Crippen molar-refractivity contribution in [3.63, 3.8) is 0 Å². The molecule has 12 heteroatoms. The van der Waals surface area contributed by atoms with Crippen molar-refractivity contribution in [3.05, 3.63) is 46.0 Å². The highest BCUT2D eigenvalue weighted by atomic mass is 32.2. The molecule has 0 aliphatic rings. The van der Waals surface area contributed by atoms with Crippen molar-refractivity contribution in [2.24, 2.45) is 10.2 Å². The van der Waals surface area contributed by atoms with Gasteiger partial charge in [0.2, 0.25) is 15.8 Å². The van der Waals surface area contributed by atoms with E-state index >= 15 is 0 Å². The van der Waals surface area contributed by atoms with Crippen molar-refractivity contribution >= 4 is 27.6 Å². The Kier molecular flexibility index (Phi) is 6.38. The van der Waals surface area contributed by atoms with Gasteiger partial charge in [0.1, 0.15) is 5.69 Å². The molecular weight excluding hydrogens is 392 g/mol. The second kappa shape index (κ2) is 8.54. The third-order valence-electron chi connectivity index (χ3n) is 3.62. The van der Waals surface area contributed by atoms with Gasteiger partial charge < -0.3 is 14.2 Å². The minimum atomic E-state index is -4.08. The van der Waals surface area contributed by atoms with Gasteiger partial charge in [-0.2, -0.15) is 5.10 Å². The van der Waals surface area contributed by atoms with Crippen LogP contribution in [-0.4, -0.2) is 40.9 Å². The minimum absolute atomic E-state index is 0.0203. The van der Waals surface area contributed by atoms with Gasteiger partial charge in [-0.1, -0.05) is 0 Å². The van der Waals surface area contributed by atoms with E-state index < -0.39 is 20.6 Å². The average molecular weight is 410 g/mol. The summed E-state index contributed by atoms with van der Waals surface area (Å²) >= 11 is 0. The summed E-state index contributed by atoms with van der Waals surface area (Å²) in [6.45, 7) is 0. The Bertz CT molecular complexity index is 1020. The van der Waals surface area contributed by atoms with E-state index in [1.54, 1.807) is 12.1 Å². The van der Waals surface area contributed by atoms with Crippen LogP contribution in [0.2, 0.25) is 0 Å². The molecule has 0 aromatic heterocycles. The fourth-order valence-corrected chi connectivity index (χ4v) is 2.87. The van der Waals surface area contributed by atoms with Crippen LogP contribution in [0.15, 0.2) is 40.3 Å². The van der Waals surface area contributed by atoms with Crippen LogP contribution in [0.3, 0.4) is 0 Å². The maximum atomic E-state index is 11.4. The maximum absolute atomic E-state index is 11.4. The number of nitrogens with zero attached hydrogens (tertiary/aromatic N) is 2. The number of nitrogens with two attached hydrogens (primary N) is 1. The summed E-state index contributed by atoms with van der Waals surface area (Å²) in [6, 6.07) is 6.48. The van der Waals surface area contributed by atoms with E-state index in [0.29, 0.717) is 22.8 Å². The van der Waals surface area contributed by atoms with E-state index in [4.69, 9.17) is 19.3 Å². The fraction of sp³-hybridized carbons (Fsp3) is 0.188. The quantitative estimate of drug-likeness (QED) is 0.378. The molecule has 2 aromatic rings. The lowest BCUT2D eigenvalue weighted by atomic mass is 10.2. The van der Waals surface area contributed by atoms with Crippen LogP contribution in [0.5, 0.6) is 17.2 Å². The van der Waals surface area contributed by atoms with E-state index in [1.807, 2.05) is 0 Å². The largest absolute Gasteiger partial charge is 0.493 e. The molecule has 0 amide bonds. The van der Waals surface area contributed by atoms with Crippen molar-refractivity contribution in [2.45, 2.75) is 4.90 Å². The summed E-state index contributed by atoms with van der Waals surface area (Å²) < 4.78 is 38.5. The van der Waals surface area contributed by atoms with E-state index in [1.165, 1.54) is 33.6 Å². The number of hydrazone groups is 1. The average Bonchev–Trinajstić information content (AvgIpc) is 2.66. The predicted molar refractivity (Wildman–Crippen MR) is 102 cm³/mol. The second-order valence-electron chi connectivity index (χ2n) is 5.27. The van der Waals surface area contributed by atoms with Crippen molar-refractivity contribution in [3.8, 4) is 17.2 Å². The summed E-state index contributed by atoms with van der Waals surface area (Å²) in [7, 11) is 0.305. The van der Waals surface area contributed by atoms with Crippen molar-refractivity contribution < 1.29 is 27.6 Å². The molecule has 0 aliphatic carbocycles. The molecule has 11 nitrogen and oxygen atoms in total. The summed E-state index contributed by atoms with van der Waals surface area (Å²) in [5.41, 5.74) is 2.50. The first-order chi connectivity index (χ1) is 13.2. The molecule has 0 saturated heterocycles. The van der Waals surface area contributed by atoms with Gasteiger partial charge in [0, 0.05) is 11.6 Å². The molecule has 0 spiro atoms. The number of hydrogen-bond acceptors (Lipinski definition) is 9. The highest BCUT2D eigenvalue weighted by Crippen LogP contribution is 2.39. The van der Waals surface area contributed by atoms with Gasteiger partial charge in [0.15, 0.2) is 11.5 Å². The molecule has 28 heavy (non-hydrogen) atoms. The maximum Gasteiger partial charge on any atom is 0.295 e. The number of ether oxygens (including phenoxy) is 3. The van der Waals surface area contributed by atoms with Crippen LogP contribution in [0.25, 0.3) is 0 Å². The number of sulfonamides is 1. The summed E-state index contributed by atoms with van der Waals surface area (Å²) in [6.07, 6.45) is 1.36. The van der Waals surface area contributed by atoms with Crippen LogP contribution in [0, 0.1) is 10.1 Å². The molecule has 0 atom stereocenters.